The van der Waals surface area contributed by atoms with Crippen molar-refractivity contribution in [3.63, 3.8) is 0 Å². The number of hydrogen-bond acceptors (Lipinski definition) is 5. The van der Waals surface area contributed by atoms with Crippen LogP contribution in [-0.2, 0) is 13.6 Å². The SMILES string of the molecule is Cn1cc(-c2cnc3ncn(Cc4cc(F)c5ncccc5c4)c3n2)cn1. The minimum absolute atomic E-state index is 0.338. The van der Waals surface area contributed by atoms with E-state index in [1.54, 1.807) is 35.7 Å². The van der Waals surface area contributed by atoms with Crippen LogP contribution in [0.5, 0.6) is 0 Å². The monoisotopic (exact) mass is 359 g/mol. The third kappa shape index (κ3) is 2.71. The van der Waals surface area contributed by atoms with Gasteiger partial charge in [-0.2, -0.15) is 5.10 Å². The molecule has 0 unspecified atom stereocenters. The molecule has 0 atom stereocenters. The van der Waals surface area contributed by atoms with E-state index < -0.39 is 0 Å². The highest BCUT2D eigenvalue weighted by atomic mass is 19.1. The fourth-order valence-corrected chi connectivity index (χ4v) is 3.14. The zero-order valence-corrected chi connectivity index (χ0v) is 14.4. The molecule has 0 aliphatic rings. The van der Waals surface area contributed by atoms with Gasteiger partial charge in [-0.25, -0.2) is 19.3 Å². The summed E-state index contributed by atoms with van der Waals surface area (Å²) in [5, 5.41) is 4.93. The minimum atomic E-state index is -0.338. The first-order valence-electron chi connectivity index (χ1n) is 8.37. The third-order valence-electron chi connectivity index (χ3n) is 4.40. The number of rotatable bonds is 3. The summed E-state index contributed by atoms with van der Waals surface area (Å²) in [6, 6.07) is 7.07. The van der Waals surface area contributed by atoms with Crippen molar-refractivity contribution in [3.8, 4) is 11.3 Å². The van der Waals surface area contributed by atoms with E-state index in [4.69, 9.17) is 0 Å². The standard InChI is InChI=1S/C19H14FN7/c1-26-10-14(7-24-26)16-8-22-18-19(25-16)27(11-23-18)9-12-5-13-3-2-4-21-17(13)15(20)6-12/h2-8,10-11H,9H2,1H3. The van der Waals surface area contributed by atoms with Crippen LogP contribution in [0.1, 0.15) is 5.56 Å². The van der Waals surface area contributed by atoms with Crippen molar-refractivity contribution in [2.24, 2.45) is 7.05 Å². The molecule has 0 N–H and O–H groups in total. The van der Waals surface area contributed by atoms with Crippen LogP contribution >= 0.6 is 0 Å². The largest absolute Gasteiger partial charge is 0.309 e. The first kappa shape index (κ1) is 15.6. The van der Waals surface area contributed by atoms with Crippen LogP contribution in [0.25, 0.3) is 33.5 Å². The van der Waals surface area contributed by atoms with Gasteiger partial charge in [0, 0.05) is 30.4 Å². The van der Waals surface area contributed by atoms with Gasteiger partial charge in [-0.3, -0.25) is 9.67 Å². The number of benzene rings is 1. The van der Waals surface area contributed by atoms with Crippen molar-refractivity contribution < 1.29 is 4.39 Å². The van der Waals surface area contributed by atoms with Crippen LogP contribution < -0.4 is 0 Å². The Hall–Kier alpha value is -3.68. The molecule has 0 aliphatic carbocycles. The fourth-order valence-electron chi connectivity index (χ4n) is 3.14. The lowest BCUT2D eigenvalue weighted by Gasteiger charge is -2.07. The average Bonchev–Trinajstić information content (AvgIpc) is 3.28. The van der Waals surface area contributed by atoms with Crippen molar-refractivity contribution in [1.29, 1.82) is 0 Å². The summed E-state index contributed by atoms with van der Waals surface area (Å²) in [5.74, 6) is -0.338. The Morgan fingerprint density at radius 1 is 1.11 bits per heavy atom. The molecule has 4 heterocycles. The normalized spacial score (nSPS) is 11.5. The molecule has 4 aromatic heterocycles. The Morgan fingerprint density at radius 2 is 2.04 bits per heavy atom. The maximum Gasteiger partial charge on any atom is 0.197 e. The van der Waals surface area contributed by atoms with Crippen LogP contribution in [0, 0.1) is 5.82 Å². The Bertz CT molecular complexity index is 1290. The highest BCUT2D eigenvalue weighted by molar-refractivity contribution is 5.79. The number of aromatic nitrogens is 7. The Morgan fingerprint density at radius 3 is 2.89 bits per heavy atom. The smallest absolute Gasteiger partial charge is 0.197 e. The van der Waals surface area contributed by atoms with Crippen LogP contribution in [0.4, 0.5) is 4.39 Å². The van der Waals surface area contributed by atoms with E-state index in [1.807, 2.05) is 29.9 Å². The lowest BCUT2D eigenvalue weighted by atomic mass is 10.1. The number of hydrogen-bond donors (Lipinski definition) is 0. The summed E-state index contributed by atoms with van der Waals surface area (Å²) >= 11 is 0. The Balaban J connectivity index is 1.57. The average molecular weight is 359 g/mol. The fraction of sp³-hybridized carbons (Fsp3) is 0.105. The van der Waals surface area contributed by atoms with Crippen molar-refractivity contribution in [2.45, 2.75) is 6.54 Å². The molecule has 0 amide bonds. The highest BCUT2D eigenvalue weighted by Crippen LogP contribution is 2.21. The molecule has 0 aliphatic heterocycles. The van der Waals surface area contributed by atoms with Gasteiger partial charge in [0.1, 0.15) is 11.3 Å². The molecule has 0 spiro atoms. The molecular formula is C19H14FN7. The van der Waals surface area contributed by atoms with Crippen molar-refractivity contribution in [2.75, 3.05) is 0 Å². The second kappa shape index (κ2) is 5.94. The second-order valence-electron chi connectivity index (χ2n) is 6.33. The molecule has 132 valence electrons. The molecule has 8 heteroatoms. The zero-order chi connectivity index (χ0) is 18.4. The number of imidazole rings is 1. The van der Waals surface area contributed by atoms with Crippen LogP contribution in [-0.4, -0.2) is 34.3 Å². The van der Waals surface area contributed by atoms with E-state index in [0.29, 0.717) is 29.0 Å². The van der Waals surface area contributed by atoms with Gasteiger partial charge in [-0.15, -0.1) is 0 Å². The van der Waals surface area contributed by atoms with Gasteiger partial charge in [0.05, 0.1) is 31.0 Å². The predicted octanol–water partition coefficient (Wildman–Crippen LogP) is 2.96. The molecule has 1 aromatic carbocycles. The molecule has 0 fully saturated rings. The summed E-state index contributed by atoms with van der Waals surface area (Å²) in [7, 11) is 1.85. The molecule has 5 aromatic rings. The number of aryl methyl sites for hydroxylation is 1. The van der Waals surface area contributed by atoms with Crippen molar-refractivity contribution in [3.05, 3.63) is 66.8 Å². The van der Waals surface area contributed by atoms with E-state index in [0.717, 1.165) is 16.5 Å². The lowest BCUT2D eigenvalue weighted by Crippen LogP contribution is -2.01. The summed E-state index contributed by atoms with van der Waals surface area (Å²) in [4.78, 5) is 17.5. The van der Waals surface area contributed by atoms with Gasteiger partial charge in [0.25, 0.3) is 0 Å². The first-order chi connectivity index (χ1) is 13.2. The van der Waals surface area contributed by atoms with Crippen LogP contribution in [0.2, 0.25) is 0 Å². The van der Waals surface area contributed by atoms with Gasteiger partial charge in [-0.05, 0) is 23.8 Å². The highest BCUT2D eigenvalue weighted by Gasteiger charge is 2.11. The first-order valence-corrected chi connectivity index (χ1v) is 8.37. The molecule has 0 saturated carbocycles. The molecule has 7 nitrogen and oxygen atoms in total. The molecule has 5 rings (SSSR count). The zero-order valence-electron chi connectivity index (χ0n) is 14.4. The summed E-state index contributed by atoms with van der Waals surface area (Å²) in [6.07, 6.45) is 8.55. The molecule has 0 radical (unpaired) electrons. The van der Waals surface area contributed by atoms with Gasteiger partial charge < -0.3 is 4.57 Å². The molecule has 27 heavy (non-hydrogen) atoms. The lowest BCUT2D eigenvalue weighted by molar-refractivity contribution is 0.633. The quantitative estimate of drug-likeness (QED) is 0.495. The van der Waals surface area contributed by atoms with Gasteiger partial charge in [0.2, 0.25) is 0 Å². The van der Waals surface area contributed by atoms with E-state index in [2.05, 4.69) is 25.0 Å². The summed E-state index contributed by atoms with van der Waals surface area (Å²) in [5.41, 5.74) is 3.96. The summed E-state index contributed by atoms with van der Waals surface area (Å²) in [6.45, 7) is 0.434. The van der Waals surface area contributed by atoms with E-state index in [1.165, 1.54) is 6.07 Å². The number of fused-ring (bicyclic) bond motifs is 2. The van der Waals surface area contributed by atoms with Gasteiger partial charge in [0.15, 0.2) is 11.3 Å². The maximum absolute atomic E-state index is 14.4. The number of halogens is 1. The predicted molar refractivity (Wildman–Crippen MR) is 98.3 cm³/mol. The Kier molecular flexibility index (Phi) is 3.43. The van der Waals surface area contributed by atoms with E-state index >= 15 is 0 Å². The molecule has 0 bridgehead atoms. The van der Waals surface area contributed by atoms with Crippen molar-refractivity contribution in [1.82, 2.24) is 34.3 Å². The molecule has 0 saturated heterocycles. The van der Waals surface area contributed by atoms with Gasteiger partial charge >= 0.3 is 0 Å². The molecular weight excluding hydrogens is 345 g/mol. The van der Waals surface area contributed by atoms with E-state index in [9.17, 15) is 4.39 Å². The van der Waals surface area contributed by atoms with Gasteiger partial charge in [-0.1, -0.05) is 6.07 Å². The second-order valence-corrected chi connectivity index (χ2v) is 6.33. The van der Waals surface area contributed by atoms with Crippen molar-refractivity contribution >= 4 is 22.2 Å². The summed E-state index contributed by atoms with van der Waals surface area (Å²) < 4.78 is 17.9. The number of pyridine rings is 1. The van der Waals surface area contributed by atoms with E-state index in [-0.39, 0.29) is 5.82 Å². The van der Waals surface area contributed by atoms with Crippen LogP contribution in [0.3, 0.4) is 0 Å². The Labute approximate surface area is 153 Å². The topological polar surface area (TPSA) is 74.3 Å². The minimum Gasteiger partial charge on any atom is -0.309 e. The van der Waals surface area contributed by atoms with Crippen LogP contribution in [0.15, 0.2) is 55.4 Å². The third-order valence-corrected chi connectivity index (χ3v) is 4.40. The number of nitrogens with zero attached hydrogens (tertiary/aromatic N) is 7. The maximum atomic E-state index is 14.4.